The van der Waals surface area contributed by atoms with Crippen molar-refractivity contribution < 1.29 is 4.39 Å². The minimum Gasteiger partial charge on any atom is -0.207 e. The maximum absolute atomic E-state index is 12.9. The molecular formula is C10H7BrFN3. The van der Waals surface area contributed by atoms with Crippen LogP contribution in [-0.4, -0.2) is 6.54 Å². The molecule has 76 valence electrons. The average Bonchev–Trinajstić information content (AvgIpc) is 2.16. The van der Waals surface area contributed by atoms with Gasteiger partial charge in [0.2, 0.25) is 0 Å². The normalized spacial score (nSPS) is 8.67. The molecule has 15 heavy (non-hydrogen) atoms. The topological polar surface area (TPSA) is 48.8 Å². The molecule has 0 amide bonds. The van der Waals surface area contributed by atoms with Crippen LogP contribution >= 0.6 is 15.9 Å². The molecule has 5 heteroatoms. The maximum Gasteiger partial charge on any atom is 0.125 e. The summed E-state index contributed by atoms with van der Waals surface area (Å²) in [6, 6.07) is 4.44. The monoisotopic (exact) mass is 267 g/mol. The van der Waals surface area contributed by atoms with Gasteiger partial charge >= 0.3 is 0 Å². The molecule has 0 aromatic heterocycles. The van der Waals surface area contributed by atoms with Crippen molar-refractivity contribution in [3.05, 3.63) is 44.5 Å². The molecule has 3 nitrogen and oxygen atoms in total. The Kier molecular flexibility index (Phi) is 4.69. The van der Waals surface area contributed by atoms with Crippen molar-refractivity contribution in [3.8, 4) is 11.8 Å². The maximum atomic E-state index is 12.9. The number of halogens is 2. The van der Waals surface area contributed by atoms with E-state index in [1.165, 1.54) is 12.1 Å². The Bertz CT molecular complexity index is 435. The molecule has 0 saturated heterocycles. The van der Waals surface area contributed by atoms with Gasteiger partial charge in [-0.3, -0.25) is 0 Å². The van der Waals surface area contributed by atoms with E-state index in [1.54, 1.807) is 6.07 Å². The van der Waals surface area contributed by atoms with Gasteiger partial charge in [-0.1, -0.05) is 32.9 Å². The molecule has 0 atom stereocenters. The minimum absolute atomic E-state index is 0.330. The molecule has 0 radical (unpaired) electrons. The predicted octanol–water partition coefficient (Wildman–Crippen LogP) is 3.64. The van der Waals surface area contributed by atoms with Crippen LogP contribution in [0.25, 0.3) is 10.4 Å². The van der Waals surface area contributed by atoms with Crippen LogP contribution in [0.2, 0.25) is 0 Å². The van der Waals surface area contributed by atoms with Gasteiger partial charge in [0.05, 0.1) is 0 Å². The first-order valence-electron chi connectivity index (χ1n) is 4.18. The van der Waals surface area contributed by atoms with Gasteiger partial charge in [0, 0.05) is 27.9 Å². The summed E-state index contributed by atoms with van der Waals surface area (Å²) in [6.07, 6.45) is 0.470. The molecule has 0 spiro atoms. The van der Waals surface area contributed by atoms with Crippen molar-refractivity contribution >= 4 is 15.9 Å². The molecule has 1 rings (SSSR count). The van der Waals surface area contributed by atoms with Crippen LogP contribution in [0.5, 0.6) is 0 Å². The van der Waals surface area contributed by atoms with Gasteiger partial charge in [0.15, 0.2) is 0 Å². The van der Waals surface area contributed by atoms with E-state index in [0.717, 1.165) is 0 Å². The lowest BCUT2D eigenvalue weighted by atomic mass is 10.2. The molecule has 0 saturated carbocycles. The SMILES string of the molecule is [N-]=[N+]=NCCC#Cc1cc(F)cc(Br)c1. The average molecular weight is 268 g/mol. The first-order chi connectivity index (χ1) is 7.22. The van der Waals surface area contributed by atoms with Crippen LogP contribution in [-0.2, 0) is 0 Å². The number of azide groups is 1. The second kappa shape index (κ2) is 6.07. The lowest BCUT2D eigenvalue weighted by Crippen LogP contribution is -1.80. The number of hydrogen-bond acceptors (Lipinski definition) is 1. The van der Waals surface area contributed by atoms with Crippen LogP contribution in [0.3, 0.4) is 0 Å². The van der Waals surface area contributed by atoms with E-state index in [9.17, 15) is 4.39 Å². The van der Waals surface area contributed by atoms with E-state index in [0.29, 0.717) is 23.0 Å². The molecule has 0 N–H and O–H groups in total. The smallest absolute Gasteiger partial charge is 0.125 e. The van der Waals surface area contributed by atoms with Crippen molar-refractivity contribution in [2.75, 3.05) is 6.54 Å². The molecule has 0 aliphatic rings. The Morgan fingerprint density at radius 3 is 2.93 bits per heavy atom. The van der Waals surface area contributed by atoms with E-state index in [1.807, 2.05) is 0 Å². The fourth-order valence-electron chi connectivity index (χ4n) is 0.941. The van der Waals surface area contributed by atoms with Crippen molar-refractivity contribution in [1.82, 2.24) is 0 Å². The van der Waals surface area contributed by atoms with E-state index >= 15 is 0 Å². The lowest BCUT2D eigenvalue weighted by molar-refractivity contribution is 0.626. The molecule has 0 bridgehead atoms. The van der Waals surface area contributed by atoms with Crippen molar-refractivity contribution in [3.63, 3.8) is 0 Å². The van der Waals surface area contributed by atoms with Crippen molar-refractivity contribution in [2.24, 2.45) is 5.11 Å². The summed E-state index contributed by atoms with van der Waals surface area (Å²) in [6.45, 7) is 0.333. The summed E-state index contributed by atoms with van der Waals surface area (Å²) in [5.74, 6) is 5.24. The number of hydrogen-bond donors (Lipinski definition) is 0. The lowest BCUT2D eigenvalue weighted by Gasteiger charge is -1.93. The van der Waals surface area contributed by atoms with E-state index < -0.39 is 0 Å². The number of rotatable bonds is 2. The van der Waals surface area contributed by atoms with Crippen LogP contribution in [0.15, 0.2) is 27.8 Å². The van der Waals surface area contributed by atoms with E-state index in [-0.39, 0.29) is 5.82 Å². The van der Waals surface area contributed by atoms with Crippen LogP contribution in [0.4, 0.5) is 4.39 Å². The van der Waals surface area contributed by atoms with Gasteiger partial charge in [-0.2, -0.15) is 0 Å². The second-order valence-corrected chi connectivity index (χ2v) is 3.58. The largest absolute Gasteiger partial charge is 0.207 e. The highest BCUT2D eigenvalue weighted by Crippen LogP contribution is 2.13. The molecule has 0 aliphatic carbocycles. The Morgan fingerprint density at radius 2 is 2.27 bits per heavy atom. The standard InChI is InChI=1S/C10H7BrFN3/c11-9-5-8(6-10(12)7-9)3-1-2-4-14-15-13/h5-7H,2,4H2. The molecule has 1 aromatic carbocycles. The quantitative estimate of drug-likeness (QED) is 0.258. The summed E-state index contributed by atoms with van der Waals surface area (Å²) in [5.41, 5.74) is 8.61. The zero-order valence-corrected chi connectivity index (χ0v) is 9.33. The third-order valence-corrected chi connectivity index (χ3v) is 1.95. The van der Waals surface area contributed by atoms with Crippen LogP contribution in [0, 0.1) is 17.7 Å². The molecule has 0 heterocycles. The highest BCUT2D eigenvalue weighted by atomic mass is 79.9. The van der Waals surface area contributed by atoms with Gasteiger partial charge in [0.1, 0.15) is 5.82 Å². The Labute approximate surface area is 95.1 Å². The molecule has 0 unspecified atom stereocenters. The summed E-state index contributed by atoms with van der Waals surface area (Å²) < 4.78 is 13.5. The second-order valence-electron chi connectivity index (χ2n) is 2.66. The van der Waals surface area contributed by atoms with Gasteiger partial charge in [-0.25, -0.2) is 4.39 Å². The Balaban J connectivity index is 2.67. The first kappa shape index (κ1) is 11.6. The Hall–Kier alpha value is -1.50. The summed E-state index contributed by atoms with van der Waals surface area (Å²) in [7, 11) is 0. The van der Waals surface area contributed by atoms with E-state index in [4.69, 9.17) is 5.53 Å². The predicted molar refractivity (Wildman–Crippen MR) is 59.6 cm³/mol. The van der Waals surface area contributed by atoms with Gasteiger partial charge in [-0.05, 0) is 23.7 Å². The fourth-order valence-corrected chi connectivity index (χ4v) is 1.41. The third kappa shape index (κ3) is 4.50. The van der Waals surface area contributed by atoms with E-state index in [2.05, 4.69) is 37.8 Å². The highest BCUT2D eigenvalue weighted by Gasteiger charge is 1.95. The number of benzene rings is 1. The summed E-state index contributed by atoms with van der Waals surface area (Å²) in [4.78, 5) is 2.60. The Morgan fingerprint density at radius 1 is 1.47 bits per heavy atom. The zero-order valence-electron chi connectivity index (χ0n) is 7.74. The minimum atomic E-state index is -0.330. The molecule has 1 aromatic rings. The van der Waals surface area contributed by atoms with Crippen LogP contribution in [0.1, 0.15) is 12.0 Å². The highest BCUT2D eigenvalue weighted by molar-refractivity contribution is 9.10. The molecule has 0 fully saturated rings. The third-order valence-electron chi connectivity index (χ3n) is 1.50. The summed E-state index contributed by atoms with van der Waals surface area (Å²) in [5, 5.41) is 3.33. The number of nitrogens with zero attached hydrogens (tertiary/aromatic N) is 3. The zero-order chi connectivity index (χ0) is 11.1. The van der Waals surface area contributed by atoms with Crippen LogP contribution < -0.4 is 0 Å². The van der Waals surface area contributed by atoms with Gasteiger partial charge < -0.3 is 0 Å². The fraction of sp³-hybridized carbons (Fsp3) is 0.200. The van der Waals surface area contributed by atoms with Gasteiger partial charge in [-0.15, -0.1) is 0 Å². The van der Waals surface area contributed by atoms with Gasteiger partial charge in [0.25, 0.3) is 0 Å². The molecule has 0 aliphatic heterocycles. The van der Waals surface area contributed by atoms with Crippen molar-refractivity contribution in [2.45, 2.75) is 6.42 Å². The first-order valence-corrected chi connectivity index (χ1v) is 4.97. The molecular weight excluding hydrogens is 261 g/mol. The summed E-state index contributed by atoms with van der Waals surface area (Å²) >= 11 is 3.17. The van der Waals surface area contributed by atoms with Crippen molar-refractivity contribution in [1.29, 1.82) is 0 Å².